The zero-order valence-corrected chi connectivity index (χ0v) is 20.0. The molecule has 0 aliphatic rings. The van der Waals surface area contributed by atoms with Crippen molar-refractivity contribution < 1.29 is 17.9 Å². The average Bonchev–Trinajstić information content (AvgIpc) is 2.72. The topological polar surface area (TPSA) is 62.3 Å². The fourth-order valence-electron chi connectivity index (χ4n) is 3.18. The van der Waals surface area contributed by atoms with E-state index in [9.17, 15) is 13.2 Å². The molecule has 9 heteroatoms. The van der Waals surface area contributed by atoms with Crippen LogP contribution < -0.4 is 15.4 Å². The molecule has 0 atom stereocenters. The van der Waals surface area contributed by atoms with Crippen LogP contribution in [0, 0.1) is 0 Å². The van der Waals surface area contributed by atoms with Crippen LogP contribution in [0.3, 0.4) is 0 Å². The highest BCUT2D eigenvalue weighted by Crippen LogP contribution is 2.30. The van der Waals surface area contributed by atoms with Crippen LogP contribution in [0.5, 0.6) is 5.75 Å². The van der Waals surface area contributed by atoms with E-state index >= 15 is 0 Å². The minimum atomic E-state index is -4.77. The Kier molecular flexibility index (Phi) is 7.66. The molecule has 0 saturated carbocycles. The maximum atomic E-state index is 12.7. The lowest BCUT2D eigenvalue weighted by Crippen LogP contribution is -2.21. The summed E-state index contributed by atoms with van der Waals surface area (Å²) >= 11 is 0. The lowest BCUT2D eigenvalue weighted by molar-refractivity contribution is -0.274. The Morgan fingerprint density at radius 2 is 1.65 bits per heavy atom. The van der Waals surface area contributed by atoms with E-state index in [0.717, 1.165) is 12.2 Å². The number of ether oxygens (including phenoxy) is 1. The molecule has 0 radical (unpaired) electrons. The van der Waals surface area contributed by atoms with Gasteiger partial charge < -0.3 is 20.3 Å². The Labute approximate surface area is 198 Å². The normalized spacial score (nSPS) is 12.0. The van der Waals surface area contributed by atoms with E-state index in [4.69, 9.17) is 0 Å². The highest BCUT2D eigenvalue weighted by Gasteiger charge is 2.31. The maximum absolute atomic E-state index is 12.7. The van der Waals surface area contributed by atoms with E-state index < -0.39 is 6.36 Å². The van der Waals surface area contributed by atoms with Gasteiger partial charge in [0, 0.05) is 30.4 Å². The second kappa shape index (κ2) is 10.3. The molecule has 34 heavy (non-hydrogen) atoms. The Morgan fingerprint density at radius 3 is 2.26 bits per heavy atom. The van der Waals surface area contributed by atoms with Crippen molar-refractivity contribution in [1.29, 1.82) is 0 Å². The van der Waals surface area contributed by atoms with E-state index in [0.29, 0.717) is 29.6 Å². The summed E-state index contributed by atoms with van der Waals surface area (Å²) in [7, 11) is 3.92. The third-order valence-corrected chi connectivity index (χ3v) is 4.95. The van der Waals surface area contributed by atoms with Gasteiger partial charge in [-0.1, -0.05) is 45.0 Å². The highest BCUT2D eigenvalue weighted by atomic mass is 19.4. The molecule has 0 bridgehead atoms. The van der Waals surface area contributed by atoms with Crippen molar-refractivity contribution in [3.8, 4) is 17.0 Å². The van der Waals surface area contributed by atoms with Crippen LogP contribution in [0.15, 0.2) is 54.6 Å². The molecule has 0 spiro atoms. The Balaban J connectivity index is 1.92. The molecule has 0 aliphatic heterocycles. The molecule has 2 N–H and O–H groups in total. The lowest BCUT2D eigenvalue weighted by atomic mass is 9.87. The quantitative estimate of drug-likeness (QED) is 0.415. The molecule has 0 aliphatic carbocycles. The molecule has 3 rings (SSSR count). The fourth-order valence-corrected chi connectivity index (χ4v) is 3.18. The molecular formula is C25H30F3N5O. The van der Waals surface area contributed by atoms with Gasteiger partial charge in [0.15, 0.2) is 0 Å². The van der Waals surface area contributed by atoms with Crippen LogP contribution in [0.4, 0.5) is 30.6 Å². The molecule has 1 heterocycles. The van der Waals surface area contributed by atoms with E-state index in [1.807, 2.05) is 31.1 Å². The number of aromatic nitrogens is 2. The van der Waals surface area contributed by atoms with Crippen LogP contribution >= 0.6 is 0 Å². The standard InChI is InChI=1S/C25H30F3N5O/c1-24(2,3)18-9-11-19(12-10-18)30-22-16-21(31-23(32-22)29-13-14-33(4)5)17-7-6-8-20(15-17)34-25(26,27)28/h6-12,15-16H,13-14H2,1-5H3,(H2,29,30,31,32). The molecule has 0 saturated heterocycles. The predicted octanol–water partition coefficient (Wildman–Crippen LogP) is 6.06. The van der Waals surface area contributed by atoms with Gasteiger partial charge in [-0.15, -0.1) is 13.2 Å². The van der Waals surface area contributed by atoms with Crippen molar-refractivity contribution in [2.75, 3.05) is 37.8 Å². The van der Waals surface area contributed by atoms with Gasteiger partial charge in [-0.3, -0.25) is 0 Å². The van der Waals surface area contributed by atoms with Crippen molar-refractivity contribution in [2.24, 2.45) is 0 Å². The maximum Gasteiger partial charge on any atom is 0.573 e. The molecule has 6 nitrogen and oxygen atoms in total. The second-order valence-corrected chi connectivity index (χ2v) is 9.22. The summed E-state index contributed by atoms with van der Waals surface area (Å²) in [5.74, 6) is 0.580. The van der Waals surface area contributed by atoms with E-state index in [2.05, 4.69) is 58.2 Å². The van der Waals surface area contributed by atoms with Gasteiger partial charge in [-0.05, 0) is 49.3 Å². The smallest absolute Gasteiger partial charge is 0.406 e. The number of hydrogen-bond donors (Lipinski definition) is 2. The number of anilines is 3. The lowest BCUT2D eigenvalue weighted by Gasteiger charge is -2.19. The fraction of sp³-hybridized carbons (Fsp3) is 0.360. The summed E-state index contributed by atoms with van der Waals surface area (Å²) in [6.45, 7) is 7.81. The van der Waals surface area contributed by atoms with Crippen LogP contribution in [0.25, 0.3) is 11.3 Å². The van der Waals surface area contributed by atoms with Crippen LogP contribution in [0.2, 0.25) is 0 Å². The predicted molar refractivity (Wildman–Crippen MR) is 130 cm³/mol. The van der Waals surface area contributed by atoms with Gasteiger partial charge >= 0.3 is 6.36 Å². The third kappa shape index (κ3) is 7.62. The summed E-state index contributed by atoms with van der Waals surface area (Å²) in [5, 5.41) is 6.45. The minimum Gasteiger partial charge on any atom is -0.406 e. The molecule has 1 aromatic heterocycles. The first-order chi connectivity index (χ1) is 15.9. The van der Waals surface area contributed by atoms with Gasteiger partial charge in [-0.25, -0.2) is 4.98 Å². The van der Waals surface area contributed by atoms with Gasteiger partial charge in [0.05, 0.1) is 5.69 Å². The summed E-state index contributed by atoms with van der Waals surface area (Å²) in [6.07, 6.45) is -4.77. The molecule has 3 aromatic rings. The number of nitrogens with one attached hydrogen (secondary N) is 2. The SMILES string of the molecule is CN(C)CCNc1nc(Nc2ccc(C(C)(C)C)cc2)cc(-c2cccc(OC(F)(F)F)c2)n1. The Bertz CT molecular complexity index is 1090. The minimum absolute atomic E-state index is 0.0354. The van der Waals surface area contributed by atoms with Gasteiger partial charge in [0.2, 0.25) is 5.95 Å². The van der Waals surface area contributed by atoms with Gasteiger partial charge in [-0.2, -0.15) is 4.98 Å². The highest BCUT2D eigenvalue weighted by molar-refractivity contribution is 5.68. The number of hydrogen-bond acceptors (Lipinski definition) is 6. The number of rotatable bonds is 8. The number of halogens is 3. The van der Waals surface area contributed by atoms with Crippen molar-refractivity contribution in [3.63, 3.8) is 0 Å². The monoisotopic (exact) mass is 473 g/mol. The van der Waals surface area contributed by atoms with Crippen molar-refractivity contribution >= 4 is 17.5 Å². The molecule has 182 valence electrons. The molecule has 2 aromatic carbocycles. The molecule has 0 unspecified atom stereocenters. The van der Waals surface area contributed by atoms with Crippen LogP contribution in [0.1, 0.15) is 26.3 Å². The summed E-state index contributed by atoms with van der Waals surface area (Å²) in [4.78, 5) is 11.1. The Morgan fingerprint density at radius 1 is 0.941 bits per heavy atom. The van der Waals surface area contributed by atoms with Gasteiger partial charge in [0.25, 0.3) is 0 Å². The summed E-state index contributed by atoms with van der Waals surface area (Å²) in [5.41, 5.74) is 3.02. The largest absolute Gasteiger partial charge is 0.573 e. The molecule has 0 fully saturated rings. The zero-order valence-electron chi connectivity index (χ0n) is 20.0. The number of likely N-dealkylation sites (N-methyl/N-ethyl adjacent to an activating group) is 1. The van der Waals surface area contributed by atoms with Crippen LogP contribution in [-0.2, 0) is 5.41 Å². The number of nitrogens with zero attached hydrogens (tertiary/aromatic N) is 3. The summed E-state index contributed by atoms with van der Waals surface area (Å²) in [6, 6.07) is 15.5. The van der Waals surface area contributed by atoms with E-state index in [1.54, 1.807) is 12.1 Å². The summed E-state index contributed by atoms with van der Waals surface area (Å²) < 4.78 is 42.1. The molecule has 0 amide bonds. The number of alkyl halides is 3. The first-order valence-corrected chi connectivity index (χ1v) is 10.9. The van der Waals surface area contributed by atoms with Gasteiger partial charge in [0.1, 0.15) is 11.6 Å². The first-order valence-electron chi connectivity index (χ1n) is 10.9. The average molecular weight is 474 g/mol. The third-order valence-electron chi connectivity index (χ3n) is 4.95. The first kappa shape index (κ1) is 25.3. The zero-order chi connectivity index (χ0) is 24.9. The van der Waals surface area contributed by atoms with E-state index in [1.165, 1.54) is 23.8 Å². The van der Waals surface area contributed by atoms with Crippen molar-refractivity contribution in [2.45, 2.75) is 32.5 Å². The van der Waals surface area contributed by atoms with Crippen LogP contribution in [-0.4, -0.2) is 48.4 Å². The molecular weight excluding hydrogens is 443 g/mol. The van der Waals surface area contributed by atoms with E-state index in [-0.39, 0.29) is 11.2 Å². The van der Waals surface area contributed by atoms with Crippen molar-refractivity contribution in [3.05, 3.63) is 60.2 Å². The number of benzene rings is 2. The Hall–Kier alpha value is -3.33. The second-order valence-electron chi connectivity index (χ2n) is 9.22. The van der Waals surface area contributed by atoms with Crippen molar-refractivity contribution in [1.82, 2.24) is 14.9 Å².